The molecule has 1 aromatic carbocycles. The first-order chi connectivity index (χ1) is 10.1. The maximum atomic E-state index is 12.7. The molecule has 0 spiro atoms. The molecule has 1 amide bonds. The van der Waals surface area contributed by atoms with Gasteiger partial charge in [0.15, 0.2) is 0 Å². The number of hydrogen-bond donors (Lipinski definition) is 1. The molecular weight excluding hydrogens is 280 g/mol. The Morgan fingerprint density at radius 1 is 1.38 bits per heavy atom. The Bertz CT molecular complexity index is 491. The molecule has 3 unspecified atom stereocenters. The van der Waals surface area contributed by atoms with Crippen LogP contribution < -0.4 is 5.32 Å². The predicted molar refractivity (Wildman–Crippen MR) is 90.4 cm³/mol. The Labute approximate surface area is 132 Å². The maximum Gasteiger partial charge on any atom is 0.241 e. The zero-order valence-corrected chi connectivity index (χ0v) is 14.2. The average molecular weight is 306 g/mol. The van der Waals surface area contributed by atoms with Crippen molar-refractivity contribution in [2.45, 2.75) is 51.1 Å². The molecule has 1 aromatic rings. The fourth-order valence-electron chi connectivity index (χ4n) is 2.87. The van der Waals surface area contributed by atoms with Crippen LogP contribution in [-0.2, 0) is 4.79 Å². The van der Waals surface area contributed by atoms with Gasteiger partial charge in [-0.2, -0.15) is 11.8 Å². The fourth-order valence-corrected chi connectivity index (χ4v) is 3.18. The minimum atomic E-state index is -0.0336. The summed E-state index contributed by atoms with van der Waals surface area (Å²) in [6.07, 6.45) is 4.05. The second-order valence-corrected chi connectivity index (χ2v) is 7.08. The third kappa shape index (κ3) is 3.61. The van der Waals surface area contributed by atoms with E-state index in [0.29, 0.717) is 5.25 Å². The third-order valence-corrected chi connectivity index (χ3v) is 5.12. The highest BCUT2D eigenvalue weighted by Gasteiger charge is 2.39. The van der Waals surface area contributed by atoms with Crippen molar-refractivity contribution < 1.29 is 4.79 Å². The number of carbonyl (C=O) groups excluding carboxylic acids is 1. The average Bonchev–Trinajstić information content (AvgIpc) is 2.77. The van der Waals surface area contributed by atoms with Crippen molar-refractivity contribution in [3.63, 3.8) is 0 Å². The molecule has 1 N–H and O–H groups in total. The van der Waals surface area contributed by atoms with Gasteiger partial charge in [0, 0.05) is 11.8 Å². The van der Waals surface area contributed by atoms with Crippen molar-refractivity contribution >= 4 is 17.7 Å². The summed E-state index contributed by atoms with van der Waals surface area (Å²) in [5.74, 6) is 0.256. The monoisotopic (exact) mass is 306 g/mol. The van der Waals surface area contributed by atoms with Gasteiger partial charge >= 0.3 is 0 Å². The maximum absolute atomic E-state index is 12.7. The van der Waals surface area contributed by atoms with Crippen molar-refractivity contribution in [2.24, 2.45) is 0 Å². The van der Waals surface area contributed by atoms with E-state index in [-0.39, 0.29) is 18.1 Å². The Kier molecular flexibility index (Phi) is 5.71. The molecule has 1 heterocycles. The van der Waals surface area contributed by atoms with Crippen molar-refractivity contribution in [3.05, 3.63) is 35.4 Å². The Morgan fingerprint density at radius 2 is 2.10 bits per heavy atom. The summed E-state index contributed by atoms with van der Waals surface area (Å²) in [5.41, 5.74) is 2.46. The number of amides is 1. The van der Waals surface area contributed by atoms with E-state index in [2.05, 4.69) is 50.5 Å². The van der Waals surface area contributed by atoms with Crippen molar-refractivity contribution in [1.82, 2.24) is 10.2 Å². The first kappa shape index (κ1) is 16.4. The topological polar surface area (TPSA) is 32.3 Å². The molecule has 21 heavy (non-hydrogen) atoms. The van der Waals surface area contributed by atoms with Crippen LogP contribution in [0.3, 0.4) is 0 Å². The number of benzene rings is 1. The number of aryl methyl sites for hydroxylation is 1. The van der Waals surface area contributed by atoms with Crippen molar-refractivity contribution in [2.75, 3.05) is 12.8 Å². The summed E-state index contributed by atoms with van der Waals surface area (Å²) in [4.78, 5) is 14.7. The number of carbonyl (C=O) groups is 1. The van der Waals surface area contributed by atoms with Crippen LogP contribution >= 0.6 is 11.8 Å². The minimum absolute atomic E-state index is 0.0184. The summed E-state index contributed by atoms with van der Waals surface area (Å²) in [7, 11) is 0. The van der Waals surface area contributed by atoms with Gasteiger partial charge in [0.25, 0.3) is 0 Å². The highest BCUT2D eigenvalue weighted by Crippen LogP contribution is 2.30. The largest absolute Gasteiger partial charge is 0.320 e. The van der Waals surface area contributed by atoms with E-state index in [4.69, 9.17) is 0 Å². The van der Waals surface area contributed by atoms with Crippen LogP contribution in [0.25, 0.3) is 0 Å². The van der Waals surface area contributed by atoms with E-state index in [1.807, 2.05) is 22.7 Å². The number of nitrogens with one attached hydrogen (secondary N) is 1. The van der Waals surface area contributed by atoms with Crippen molar-refractivity contribution in [3.8, 4) is 0 Å². The Morgan fingerprint density at radius 3 is 2.71 bits per heavy atom. The summed E-state index contributed by atoms with van der Waals surface area (Å²) in [5, 5.41) is 3.99. The van der Waals surface area contributed by atoms with Crippen molar-refractivity contribution in [1.29, 1.82) is 0 Å². The first-order valence-electron chi connectivity index (χ1n) is 7.73. The van der Waals surface area contributed by atoms with Gasteiger partial charge in [-0.1, -0.05) is 44.5 Å². The van der Waals surface area contributed by atoms with Crippen LogP contribution in [0.4, 0.5) is 0 Å². The highest BCUT2D eigenvalue weighted by atomic mass is 32.2. The molecule has 0 bridgehead atoms. The summed E-state index contributed by atoms with van der Waals surface area (Å²) in [6, 6.07) is 8.32. The SMILES string of the molecule is CCCC1NC(c2ccccc2C)N(CC(C)SC)C1=O. The summed E-state index contributed by atoms with van der Waals surface area (Å²) < 4.78 is 0. The second-order valence-electron chi connectivity index (χ2n) is 5.80. The molecule has 3 nitrogen and oxygen atoms in total. The van der Waals surface area contributed by atoms with Gasteiger partial charge in [-0.25, -0.2) is 0 Å². The summed E-state index contributed by atoms with van der Waals surface area (Å²) in [6.45, 7) is 7.22. The lowest BCUT2D eigenvalue weighted by Crippen LogP contribution is -2.35. The highest BCUT2D eigenvalue weighted by molar-refractivity contribution is 7.99. The van der Waals surface area contributed by atoms with E-state index in [0.717, 1.165) is 19.4 Å². The number of nitrogens with zero attached hydrogens (tertiary/aromatic N) is 1. The van der Waals surface area contributed by atoms with Gasteiger partial charge in [0.1, 0.15) is 6.17 Å². The third-order valence-electron chi connectivity index (χ3n) is 4.17. The number of hydrogen-bond acceptors (Lipinski definition) is 3. The fraction of sp³-hybridized carbons (Fsp3) is 0.588. The second kappa shape index (κ2) is 7.32. The molecule has 0 radical (unpaired) electrons. The number of thioether (sulfide) groups is 1. The molecule has 1 aliphatic rings. The molecule has 4 heteroatoms. The Hall–Kier alpha value is -1.00. The van der Waals surface area contributed by atoms with Crippen LogP contribution in [0.2, 0.25) is 0 Å². The first-order valence-corrected chi connectivity index (χ1v) is 9.02. The van der Waals surface area contributed by atoms with Gasteiger partial charge in [-0.05, 0) is 30.7 Å². The molecule has 1 fully saturated rings. The number of rotatable bonds is 6. The van der Waals surface area contributed by atoms with Crippen LogP contribution in [-0.4, -0.2) is 34.9 Å². The van der Waals surface area contributed by atoms with E-state index in [9.17, 15) is 4.79 Å². The minimum Gasteiger partial charge on any atom is -0.320 e. The molecule has 1 saturated heterocycles. The van der Waals surface area contributed by atoms with Crippen LogP contribution in [0.15, 0.2) is 24.3 Å². The van der Waals surface area contributed by atoms with E-state index in [1.165, 1.54) is 11.1 Å². The zero-order chi connectivity index (χ0) is 15.4. The molecule has 2 rings (SSSR count). The van der Waals surface area contributed by atoms with Gasteiger partial charge in [-0.15, -0.1) is 0 Å². The van der Waals surface area contributed by atoms with E-state index >= 15 is 0 Å². The quantitative estimate of drug-likeness (QED) is 0.875. The molecule has 3 atom stereocenters. The van der Waals surface area contributed by atoms with Gasteiger partial charge in [0.05, 0.1) is 6.04 Å². The van der Waals surface area contributed by atoms with E-state index in [1.54, 1.807) is 0 Å². The molecule has 0 aromatic heterocycles. The Balaban J connectivity index is 2.27. The lowest BCUT2D eigenvalue weighted by Gasteiger charge is -2.27. The molecule has 116 valence electrons. The standard InChI is InChI=1S/C17H26N2OS/c1-5-8-15-17(20)19(11-13(3)21-4)16(18-15)14-10-7-6-9-12(14)2/h6-7,9-10,13,15-16,18H,5,8,11H2,1-4H3. The lowest BCUT2D eigenvalue weighted by atomic mass is 10.1. The van der Waals surface area contributed by atoms with Gasteiger partial charge in [-0.3, -0.25) is 10.1 Å². The molecular formula is C17H26N2OS. The lowest BCUT2D eigenvalue weighted by molar-refractivity contribution is -0.130. The summed E-state index contributed by atoms with van der Waals surface area (Å²) >= 11 is 1.81. The molecule has 0 aliphatic carbocycles. The smallest absolute Gasteiger partial charge is 0.241 e. The molecule has 1 aliphatic heterocycles. The van der Waals surface area contributed by atoms with Gasteiger partial charge in [0.2, 0.25) is 5.91 Å². The van der Waals surface area contributed by atoms with Gasteiger partial charge < -0.3 is 4.90 Å². The zero-order valence-electron chi connectivity index (χ0n) is 13.4. The van der Waals surface area contributed by atoms with Crippen LogP contribution in [0, 0.1) is 6.92 Å². The normalized spacial score (nSPS) is 23.6. The van der Waals surface area contributed by atoms with E-state index < -0.39 is 0 Å². The van der Waals surface area contributed by atoms with Crippen LogP contribution in [0.1, 0.15) is 44.0 Å². The van der Waals surface area contributed by atoms with Crippen LogP contribution in [0.5, 0.6) is 0 Å². The molecule has 0 saturated carbocycles. The predicted octanol–water partition coefficient (Wildman–Crippen LogP) is 3.35.